The fraction of sp³-hybridized carbons (Fsp3) is 0.571. The third kappa shape index (κ3) is 1.71. The highest BCUT2D eigenvalue weighted by Crippen LogP contribution is 2.38. The third-order valence-corrected chi connectivity index (χ3v) is 3.91. The number of aryl methyl sites for hydroxylation is 2. The van der Waals surface area contributed by atoms with Crippen LogP contribution < -0.4 is 10.1 Å². The fourth-order valence-corrected chi connectivity index (χ4v) is 2.88. The summed E-state index contributed by atoms with van der Waals surface area (Å²) in [5, 5.41) is 3.41. The summed E-state index contributed by atoms with van der Waals surface area (Å²) in [5.74, 6) is 1.12. The summed E-state index contributed by atoms with van der Waals surface area (Å²) in [6, 6.07) is 6.57. The van der Waals surface area contributed by atoms with Gasteiger partial charge in [-0.1, -0.05) is 17.7 Å². The van der Waals surface area contributed by atoms with E-state index < -0.39 is 0 Å². The van der Waals surface area contributed by atoms with Crippen molar-refractivity contribution in [3.63, 3.8) is 0 Å². The predicted octanol–water partition coefficient (Wildman–Crippen LogP) is 2.44. The second-order valence-corrected chi connectivity index (χ2v) is 5.15. The van der Waals surface area contributed by atoms with Crippen molar-refractivity contribution < 1.29 is 4.74 Å². The third-order valence-electron chi connectivity index (χ3n) is 3.91. The highest BCUT2D eigenvalue weighted by Gasteiger charge is 2.37. The van der Waals surface area contributed by atoms with Gasteiger partial charge in [0.1, 0.15) is 11.4 Å². The van der Waals surface area contributed by atoms with Crippen LogP contribution in [0.25, 0.3) is 0 Å². The normalized spacial score (nSPS) is 22.6. The number of hydrogen-bond acceptors (Lipinski definition) is 2. The van der Waals surface area contributed by atoms with E-state index >= 15 is 0 Å². The van der Waals surface area contributed by atoms with E-state index in [0.29, 0.717) is 0 Å². The molecule has 1 saturated heterocycles. The first-order valence-electron chi connectivity index (χ1n) is 6.27. The van der Waals surface area contributed by atoms with Crippen LogP contribution in [0.15, 0.2) is 18.2 Å². The Hall–Kier alpha value is -1.02. The molecular formula is C14H19NO. The van der Waals surface area contributed by atoms with Gasteiger partial charge >= 0.3 is 0 Å². The maximum atomic E-state index is 6.28. The quantitative estimate of drug-likeness (QED) is 0.720. The molecule has 1 aromatic carbocycles. The molecule has 1 fully saturated rings. The van der Waals surface area contributed by atoms with Crippen LogP contribution in [0.5, 0.6) is 5.75 Å². The minimum atomic E-state index is 0.132. The fourth-order valence-electron chi connectivity index (χ4n) is 2.88. The summed E-state index contributed by atoms with van der Waals surface area (Å²) < 4.78 is 6.28. The summed E-state index contributed by atoms with van der Waals surface area (Å²) >= 11 is 0. The maximum Gasteiger partial charge on any atom is 0.123 e. The zero-order chi connectivity index (χ0) is 11.0. The van der Waals surface area contributed by atoms with Gasteiger partial charge < -0.3 is 10.1 Å². The zero-order valence-corrected chi connectivity index (χ0v) is 9.88. The standard InChI is InChI=1S/C14H19NO/c1-11-2-3-13-12(10-11)4-5-14(16-13)6-8-15-9-7-14/h2-3,10,15H,4-9H2,1H3. The summed E-state index contributed by atoms with van der Waals surface area (Å²) in [4.78, 5) is 0. The van der Waals surface area contributed by atoms with Gasteiger partial charge in [0.15, 0.2) is 0 Å². The molecule has 2 aliphatic rings. The Morgan fingerprint density at radius 2 is 2.00 bits per heavy atom. The molecule has 0 bridgehead atoms. The second kappa shape index (κ2) is 3.77. The van der Waals surface area contributed by atoms with Crippen LogP contribution in [-0.2, 0) is 6.42 Å². The van der Waals surface area contributed by atoms with Gasteiger partial charge in [0.2, 0.25) is 0 Å². The molecule has 0 radical (unpaired) electrons. The average Bonchev–Trinajstić information content (AvgIpc) is 2.31. The summed E-state index contributed by atoms with van der Waals surface area (Å²) in [6.45, 7) is 4.34. The van der Waals surface area contributed by atoms with Crippen LogP contribution in [-0.4, -0.2) is 18.7 Å². The van der Waals surface area contributed by atoms with Crippen molar-refractivity contribution >= 4 is 0 Å². The number of hydrogen-bond donors (Lipinski definition) is 1. The number of rotatable bonds is 0. The summed E-state index contributed by atoms with van der Waals surface area (Å²) in [7, 11) is 0. The molecule has 0 saturated carbocycles. The van der Waals surface area contributed by atoms with Crippen molar-refractivity contribution in [2.24, 2.45) is 0 Å². The molecule has 86 valence electrons. The van der Waals surface area contributed by atoms with Crippen LogP contribution >= 0.6 is 0 Å². The monoisotopic (exact) mass is 217 g/mol. The Bertz CT molecular complexity index is 394. The van der Waals surface area contributed by atoms with E-state index in [2.05, 4.69) is 30.4 Å². The lowest BCUT2D eigenvalue weighted by Crippen LogP contribution is -2.48. The van der Waals surface area contributed by atoms with Crippen molar-refractivity contribution in [3.05, 3.63) is 29.3 Å². The van der Waals surface area contributed by atoms with E-state index in [1.807, 2.05) is 0 Å². The second-order valence-electron chi connectivity index (χ2n) is 5.15. The van der Waals surface area contributed by atoms with Crippen LogP contribution in [0.1, 0.15) is 30.4 Å². The molecule has 3 rings (SSSR count). The van der Waals surface area contributed by atoms with E-state index in [1.165, 1.54) is 24.0 Å². The SMILES string of the molecule is Cc1ccc2c(c1)CCC1(CCNCC1)O2. The van der Waals surface area contributed by atoms with Crippen molar-refractivity contribution in [1.29, 1.82) is 0 Å². The molecule has 1 aromatic rings. The molecule has 2 nitrogen and oxygen atoms in total. The summed E-state index contributed by atoms with van der Waals surface area (Å²) in [5.41, 5.74) is 2.86. The van der Waals surface area contributed by atoms with Gasteiger partial charge in [0, 0.05) is 0 Å². The maximum absolute atomic E-state index is 6.28. The van der Waals surface area contributed by atoms with Crippen molar-refractivity contribution in [2.75, 3.05) is 13.1 Å². The van der Waals surface area contributed by atoms with Crippen LogP contribution in [0, 0.1) is 6.92 Å². The highest BCUT2D eigenvalue weighted by molar-refractivity contribution is 5.39. The van der Waals surface area contributed by atoms with Gasteiger partial charge in [-0.3, -0.25) is 0 Å². The smallest absolute Gasteiger partial charge is 0.123 e. The van der Waals surface area contributed by atoms with Gasteiger partial charge in [-0.25, -0.2) is 0 Å². The molecule has 2 aliphatic heterocycles. The lowest BCUT2D eigenvalue weighted by Gasteiger charge is -2.41. The largest absolute Gasteiger partial charge is 0.487 e. The Morgan fingerprint density at radius 1 is 1.19 bits per heavy atom. The minimum absolute atomic E-state index is 0.132. The van der Waals surface area contributed by atoms with E-state index in [4.69, 9.17) is 4.74 Å². The molecule has 0 amide bonds. The van der Waals surface area contributed by atoms with Crippen molar-refractivity contribution in [2.45, 2.75) is 38.2 Å². The highest BCUT2D eigenvalue weighted by atomic mass is 16.5. The Morgan fingerprint density at radius 3 is 2.81 bits per heavy atom. The molecule has 0 atom stereocenters. The molecule has 0 unspecified atom stereocenters. The summed E-state index contributed by atoms with van der Waals surface area (Å²) in [6.07, 6.45) is 4.67. The number of nitrogens with one attached hydrogen (secondary N) is 1. The van der Waals surface area contributed by atoms with Crippen molar-refractivity contribution in [1.82, 2.24) is 5.32 Å². The van der Waals surface area contributed by atoms with Crippen molar-refractivity contribution in [3.8, 4) is 5.75 Å². The first kappa shape index (κ1) is 10.2. The Balaban J connectivity index is 1.88. The minimum Gasteiger partial charge on any atom is -0.487 e. The average molecular weight is 217 g/mol. The Labute approximate surface area is 97.0 Å². The molecule has 0 aromatic heterocycles. The molecule has 16 heavy (non-hydrogen) atoms. The van der Waals surface area contributed by atoms with Gasteiger partial charge in [-0.05, 0) is 57.3 Å². The predicted molar refractivity (Wildman–Crippen MR) is 65.0 cm³/mol. The number of ether oxygens (including phenoxy) is 1. The first-order valence-corrected chi connectivity index (χ1v) is 6.27. The van der Waals surface area contributed by atoms with E-state index in [9.17, 15) is 0 Å². The van der Waals surface area contributed by atoms with E-state index in [0.717, 1.165) is 31.7 Å². The van der Waals surface area contributed by atoms with Crippen LogP contribution in [0.3, 0.4) is 0 Å². The van der Waals surface area contributed by atoms with Gasteiger partial charge in [0.05, 0.1) is 0 Å². The lowest BCUT2D eigenvalue weighted by atomic mass is 9.83. The van der Waals surface area contributed by atoms with Gasteiger partial charge in [-0.2, -0.15) is 0 Å². The van der Waals surface area contributed by atoms with Crippen LogP contribution in [0.4, 0.5) is 0 Å². The molecule has 1 N–H and O–H groups in total. The Kier molecular flexibility index (Phi) is 2.40. The molecule has 0 aliphatic carbocycles. The number of fused-ring (bicyclic) bond motifs is 1. The number of piperidine rings is 1. The first-order chi connectivity index (χ1) is 7.77. The lowest BCUT2D eigenvalue weighted by molar-refractivity contribution is 0.0170. The molecule has 1 spiro atoms. The topological polar surface area (TPSA) is 21.3 Å². The zero-order valence-electron chi connectivity index (χ0n) is 9.88. The van der Waals surface area contributed by atoms with Gasteiger partial charge in [-0.15, -0.1) is 0 Å². The molecular weight excluding hydrogens is 198 g/mol. The van der Waals surface area contributed by atoms with Gasteiger partial charge in [0.25, 0.3) is 0 Å². The van der Waals surface area contributed by atoms with E-state index in [1.54, 1.807) is 0 Å². The molecule has 2 heteroatoms. The van der Waals surface area contributed by atoms with E-state index in [-0.39, 0.29) is 5.60 Å². The number of benzene rings is 1. The molecule has 2 heterocycles. The van der Waals surface area contributed by atoms with Crippen LogP contribution in [0.2, 0.25) is 0 Å².